The predicted molar refractivity (Wildman–Crippen MR) is 64.7 cm³/mol. The lowest BCUT2D eigenvalue weighted by Crippen LogP contribution is -2.40. The normalized spacial score (nSPS) is 11.2. The van der Waals surface area contributed by atoms with Crippen molar-refractivity contribution in [2.75, 3.05) is 0 Å². The van der Waals surface area contributed by atoms with Crippen LogP contribution < -0.4 is 10.6 Å². The second-order valence-electron chi connectivity index (χ2n) is 4.67. The summed E-state index contributed by atoms with van der Waals surface area (Å²) in [7, 11) is -1.34. The van der Waals surface area contributed by atoms with Crippen LogP contribution in [0, 0.1) is 0 Å². The van der Waals surface area contributed by atoms with Crippen LogP contribution in [0.3, 0.4) is 0 Å². The molecule has 0 bridgehead atoms. The maximum atomic E-state index is 10.8. The summed E-state index contributed by atoms with van der Waals surface area (Å²) in [6, 6.07) is 6.03. The van der Waals surface area contributed by atoms with E-state index in [-0.39, 0.29) is 5.91 Å². The number of nitrogens with one attached hydrogen (secondary N) is 1. The lowest BCUT2D eigenvalue weighted by atomic mass is 10.3. The van der Waals surface area contributed by atoms with Gasteiger partial charge in [-0.1, -0.05) is 25.7 Å². The van der Waals surface area contributed by atoms with E-state index in [0.717, 1.165) is 5.69 Å². The highest BCUT2D eigenvalue weighted by Gasteiger charge is 2.17. The number of nitrogens with zero attached hydrogens (tertiary/aromatic N) is 1. The zero-order valence-electron chi connectivity index (χ0n) is 9.79. The number of hydrogen-bond donors (Lipinski definition) is 1. The average molecular weight is 222 g/mol. The van der Waals surface area contributed by atoms with E-state index < -0.39 is 8.07 Å². The van der Waals surface area contributed by atoms with Crippen LogP contribution in [0.4, 0.5) is 0 Å². The van der Waals surface area contributed by atoms with Gasteiger partial charge in [-0.15, -0.1) is 0 Å². The van der Waals surface area contributed by atoms with Crippen molar-refractivity contribution in [2.45, 2.75) is 33.1 Å². The Bertz CT molecular complexity index is 358. The molecular formula is C11H18N2OSi. The maximum absolute atomic E-state index is 10.8. The van der Waals surface area contributed by atoms with Crippen molar-refractivity contribution in [3.8, 4) is 0 Å². The molecule has 0 unspecified atom stereocenters. The van der Waals surface area contributed by atoms with Gasteiger partial charge in [0, 0.05) is 12.2 Å². The van der Waals surface area contributed by atoms with E-state index >= 15 is 0 Å². The molecule has 0 aliphatic rings. The summed E-state index contributed by atoms with van der Waals surface area (Å²) in [6.07, 6.45) is 0. The SMILES string of the molecule is CC(=O)NCc1cccc([Si](C)(C)C)n1. The van der Waals surface area contributed by atoms with Crippen LogP contribution in [0.25, 0.3) is 0 Å². The molecule has 1 aromatic rings. The number of hydrogen-bond acceptors (Lipinski definition) is 2. The van der Waals surface area contributed by atoms with Gasteiger partial charge in [-0.2, -0.15) is 0 Å². The minimum atomic E-state index is -1.34. The van der Waals surface area contributed by atoms with E-state index in [1.165, 1.54) is 12.2 Å². The Kier molecular flexibility index (Phi) is 3.63. The largest absolute Gasteiger partial charge is 0.351 e. The Morgan fingerprint density at radius 2 is 2.07 bits per heavy atom. The molecule has 0 aromatic carbocycles. The van der Waals surface area contributed by atoms with Gasteiger partial charge in [-0.25, -0.2) is 0 Å². The third-order valence-electron chi connectivity index (χ3n) is 2.09. The van der Waals surface area contributed by atoms with Crippen molar-refractivity contribution in [3.63, 3.8) is 0 Å². The number of carbonyl (C=O) groups excluding carboxylic acids is 1. The minimum Gasteiger partial charge on any atom is -0.351 e. The molecule has 0 atom stereocenters. The first-order valence-electron chi connectivity index (χ1n) is 5.10. The molecule has 0 spiro atoms. The van der Waals surface area contributed by atoms with Crippen molar-refractivity contribution >= 4 is 19.3 Å². The molecule has 0 radical (unpaired) electrons. The highest BCUT2D eigenvalue weighted by atomic mass is 28.3. The fourth-order valence-electron chi connectivity index (χ4n) is 1.21. The Hall–Kier alpha value is -1.16. The van der Waals surface area contributed by atoms with Crippen LogP contribution in [0.5, 0.6) is 0 Å². The first-order chi connectivity index (χ1) is 6.89. The molecule has 1 amide bonds. The van der Waals surface area contributed by atoms with Crippen LogP contribution in [0.2, 0.25) is 19.6 Å². The average Bonchev–Trinajstić information content (AvgIpc) is 2.14. The van der Waals surface area contributed by atoms with Gasteiger partial charge in [-0.3, -0.25) is 9.78 Å². The molecule has 0 saturated heterocycles. The van der Waals surface area contributed by atoms with Crippen molar-refractivity contribution in [1.29, 1.82) is 0 Å². The van der Waals surface area contributed by atoms with Gasteiger partial charge in [0.15, 0.2) is 0 Å². The molecule has 0 aliphatic carbocycles. The van der Waals surface area contributed by atoms with Gasteiger partial charge in [0.1, 0.15) is 8.07 Å². The predicted octanol–water partition coefficient (Wildman–Crippen LogP) is 1.26. The Morgan fingerprint density at radius 3 is 2.60 bits per heavy atom. The number of amides is 1. The van der Waals surface area contributed by atoms with Crippen molar-refractivity contribution < 1.29 is 4.79 Å². The fourth-order valence-corrected chi connectivity index (χ4v) is 2.29. The molecular weight excluding hydrogens is 204 g/mol. The third-order valence-corrected chi connectivity index (χ3v) is 3.91. The fraction of sp³-hybridized carbons (Fsp3) is 0.455. The number of aromatic nitrogens is 1. The van der Waals surface area contributed by atoms with E-state index in [2.05, 4.69) is 36.0 Å². The topological polar surface area (TPSA) is 42.0 Å². The van der Waals surface area contributed by atoms with E-state index in [1.807, 2.05) is 12.1 Å². The summed E-state index contributed by atoms with van der Waals surface area (Å²) in [5, 5.41) is 3.94. The second-order valence-corrected chi connectivity index (χ2v) is 9.69. The summed E-state index contributed by atoms with van der Waals surface area (Å²) in [6.45, 7) is 8.82. The van der Waals surface area contributed by atoms with Crippen molar-refractivity contribution in [3.05, 3.63) is 23.9 Å². The Labute approximate surface area is 91.9 Å². The summed E-state index contributed by atoms with van der Waals surface area (Å²) in [5.74, 6) is -0.0183. The molecule has 15 heavy (non-hydrogen) atoms. The van der Waals surface area contributed by atoms with Gasteiger partial charge in [0.25, 0.3) is 0 Å². The summed E-state index contributed by atoms with van der Waals surface area (Å²) in [5.41, 5.74) is 0.935. The number of carbonyl (C=O) groups is 1. The van der Waals surface area contributed by atoms with Gasteiger partial charge >= 0.3 is 0 Å². The van der Waals surface area contributed by atoms with Gasteiger partial charge in [0.2, 0.25) is 5.91 Å². The van der Waals surface area contributed by atoms with Crippen LogP contribution in [0.15, 0.2) is 18.2 Å². The summed E-state index contributed by atoms with van der Waals surface area (Å²) < 4.78 is 0. The molecule has 0 fully saturated rings. The first-order valence-corrected chi connectivity index (χ1v) is 8.60. The molecule has 1 heterocycles. The van der Waals surface area contributed by atoms with E-state index in [9.17, 15) is 4.79 Å². The molecule has 1 N–H and O–H groups in total. The lowest BCUT2D eigenvalue weighted by Gasteiger charge is -2.16. The monoisotopic (exact) mass is 222 g/mol. The van der Waals surface area contributed by atoms with Gasteiger partial charge < -0.3 is 5.32 Å². The molecule has 3 nitrogen and oxygen atoms in total. The molecule has 0 saturated carbocycles. The number of pyridine rings is 1. The van der Waals surface area contributed by atoms with Crippen LogP contribution in [-0.4, -0.2) is 19.0 Å². The van der Waals surface area contributed by atoms with Gasteiger partial charge in [0.05, 0.1) is 12.2 Å². The standard InChI is InChI=1S/C11H18N2OSi/c1-9(14)12-8-10-6-5-7-11(13-10)15(2,3)4/h5-7H,8H2,1-4H3,(H,12,14). The highest BCUT2D eigenvalue weighted by molar-refractivity contribution is 6.88. The first kappa shape index (κ1) is 11.9. The van der Waals surface area contributed by atoms with Gasteiger partial charge in [-0.05, 0) is 12.1 Å². The smallest absolute Gasteiger partial charge is 0.217 e. The van der Waals surface area contributed by atoms with Crippen LogP contribution in [-0.2, 0) is 11.3 Å². The quantitative estimate of drug-likeness (QED) is 0.782. The minimum absolute atomic E-state index is 0.0183. The molecule has 1 rings (SSSR count). The van der Waals surface area contributed by atoms with Crippen LogP contribution in [0.1, 0.15) is 12.6 Å². The lowest BCUT2D eigenvalue weighted by molar-refractivity contribution is -0.119. The highest BCUT2D eigenvalue weighted by Crippen LogP contribution is 2.01. The Balaban J connectivity index is 2.79. The third kappa shape index (κ3) is 3.83. The molecule has 0 aliphatic heterocycles. The molecule has 1 aromatic heterocycles. The van der Waals surface area contributed by atoms with Crippen LogP contribution >= 0.6 is 0 Å². The molecule has 4 heteroatoms. The zero-order chi connectivity index (χ0) is 11.5. The number of rotatable bonds is 3. The van der Waals surface area contributed by atoms with E-state index in [1.54, 1.807) is 0 Å². The van der Waals surface area contributed by atoms with E-state index in [0.29, 0.717) is 6.54 Å². The van der Waals surface area contributed by atoms with E-state index in [4.69, 9.17) is 0 Å². The second kappa shape index (κ2) is 4.57. The Morgan fingerprint density at radius 1 is 1.40 bits per heavy atom. The maximum Gasteiger partial charge on any atom is 0.217 e. The zero-order valence-corrected chi connectivity index (χ0v) is 10.8. The summed E-state index contributed by atoms with van der Waals surface area (Å²) >= 11 is 0. The van der Waals surface area contributed by atoms with Crippen molar-refractivity contribution in [1.82, 2.24) is 10.3 Å². The summed E-state index contributed by atoms with van der Waals surface area (Å²) in [4.78, 5) is 15.3. The van der Waals surface area contributed by atoms with Crippen molar-refractivity contribution in [2.24, 2.45) is 0 Å². The molecule has 82 valence electrons.